The van der Waals surface area contributed by atoms with E-state index in [0.717, 1.165) is 0 Å². The summed E-state index contributed by atoms with van der Waals surface area (Å²) in [5.74, 6) is 0. The molecule has 7 heavy (non-hydrogen) atoms. The van der Waals surface area contributed by atoms with Crippen molar-refractivity contribution in [1.29, 1.82) is 0 Å². The maximum absolute atomic E-state index is 3.03. The van der Waals surface area contributed by atoms with Gasteiger partial charge in [-0.15, -0.1) is 0 Å². The molecule has 0 nitrogen and oxygen atoms in total. The molecule has 1 aromatic carbocycles. The fraction of sp³-hybridized carbons (Fsp3) is 0. The van der Waals surface area contributed by atoms with Crippen molar-refractivity contribution < 1.29 is 0 Å². The van der Waals surface area contributed by atoms with Gasteiger partial charge in [0.05, 0.1) is 0 Å². The summed E-state index contributed by atoms with van der Waals surface area (Å²) in [5, 5.41) is 0. The van der Waals surface area contributed by atoms with Gasteiger partial charge in [-0.2, -0.15) is 0 Å². The molecule has 1 rings (SSSR count). The van der Waals surface area contributed by atoms with Crippen LogP contribution >= 0.6 is 0 Å². The third-order valence-electron chi connectivity index (χ3n) is 0.865. The summed E-state index contributed by atoms with van der Waals surface area (Å²) in [6, 6.07) is 10.9. The van der Waals surface area contributed by atoms with Gasteiger partial charge in [0, 0.05) is 0 Å². The summed E-state index contributed by atoms with van der Waals surface area (Å²) in [6.07, 6.45) is 0. The second-order valence-corrected chi connectivity index (χ2v) is 1.55. The van der Waals surface area contributed by atoms with Crippen LogP contribution in [0, 0.1) is 6.07 Å². The molecule has 0 N–H and O–H groups in total. The lowest BCUT2D eigenvalue weighted by Gasteiger charge is -1.81. The number of hydrogen-bond donors (Lipinski definition) is 0. The van der Waals surface area contributed by atoms with Crippen molar-refractivity contribution in [2.24, 2.45) is 0 Å². The number of hydrogen-bond acceptors (Lipinski definition) is 0. The van der Waals surface area contributed by atoms with Gasteiger partial charge in [-0.3, -0.25) is 0 Å². The highest BCUT2D eigenvalue weighted by Crippen LogP contribution is 1.75. The maximum atomic E-state index is 3.03. The first-order chi connectivity index (χ1) is 3.39. The van der Waals surface area contributed by atoms with Crippen LogP contribution in [0.2, 0.25) is 0 Å². The van der Waals surface area contributed by atoms with E-state index in [1.165, 1.54) is 5.46 Å². The summed E-state index contributed by atoms with van der Waals surface area (Å²) in [7, 11) is 2.03. The van der Waals surface area contributed by atoms with E-state index < -0.39 is 0 Å². The number of rotatable bonds is 0. The highest BCUT2D eigenvalue weighted by Gasteiger charge is 1.73. The fourth-order valence-electron chi connectivity index (χ4n) is 0.483. The Morgan fingerprint density at radius 3 is 2.57 bits per heavy atom. The molecule has 0 amide bonds. The lowest BCUT2D eigenvalue weighted by molar-refractivity contribution is 1.76. The molecule has 1 aromatic rings. The van der Waals surface area contributed by atoms with E-state index in [0.29, 0.717) is 0 Å². The second-order valence-electron chi connectivity index (χ2n) is 1.55. The SMILES string of the molecule is Bc1[c]cccc1. The lowest BCUT2D eigenvalue weighted by Crippen LogP contribution is -1.98. The van der Waals surface area contributed by atoms with Crippen LogP contribution in [-0.4, -0.2) is 7.85 Å². The monoisotopic (exact) mass is 89.1 g/mol. The van der Waals surface area contributed by atoms with Crippen LogP contribution in [-0.2, 0) is 0 Å². The molecule has 0 saturated carbocycles. The summed E-state index contributed by atoms with van der Waals surface area (Å²) in [4.78, 5) is 0. The van der Waals surface area contributed by atoms with Crippen molar-refractivity contribution in [3.05, 3.63) is 30.3 Å². The molecular weight excluding hydrogens is 82.9 g/mol. The molecule has 0 aliphatic rings. The van der Waals surface area contributed by atoms with Crippen LogP contribution < -0.4 is 5.46 Å². The molecule has 0 saturated heterocycles. The van der Waals surface area contributed by atoms with Gasteiger partial charge >= 0.3 is 0 Å². The van der Waals surface area contributed by atoms with Crippen molar-refractivity contribution >= 4 is 13.3 Å². The zero-order valence-corrected chi connectivity index (χ0v) is 4.31. The molecule has 33 valence electrons. The van der Waals surface area contributed by atoms with Crippen LogP contribution in [0.3, 0.4) is 0 Å². The summed E-state index contributed by atoms with van der Waals surface area (Å²) in [5.41, 5.74) is 1.20. The van der Waals surface area contributed by atoms with Gasteiger partial charge in [-0.1, -0.05) is 29.7 Å². The summed E-state index contributed by atoms with van der Waals surface area (Å²) >= 11 is 0. The van der Waals surface area contributed by atoms with Gasteiger partial charge in [0.1, 0.15) is 7.85 Å². The Hall–Kier alpha value is -0.715. The number of benzene rings is 1. The van der Waals surface area contributed by atoms with Crippen molar-refractivity contribution in [2.45, 2.75) is 0 Å². The van der Waals surface area contributed by atoms with Crippen LogP contribution in [0.4, 0.5) is 0 Å². The molecule has 0 atom stereocenters. The Balaban J connectivity index is 3.02. The minimum Gasteiger partial charge on any atom is -0.0813 e. The maximum Gasteiger partial charge on any atom is 0.140 e. The molecule has 0 unspecified atom stereocenters. The van der Waals surface area contributed by atoms with E-state index in [4.69, 9.17) is 0 Å². The molecule has 0 heterocycles. The van der Waals surface area contributed by atoms with Gasteiger partial charge in [-0.05, 0) is 6.07 Å². The molecular formula is C6H6B. The smallest absolute Gasteiger partial charge is 0.0813 e. The van der Waals surface area contributed by atoms with E-state index in [2.05, 4.69) is 6.07 Å². The predicted molar refractivity (Wildman–Crippen MR) is 33.5 cm³/mol. The first-order valence-corrected chi connectivity index (χ1v) is 2.33. The van der Waals surface area contributed by atoms with Crippen LogP contribution in [0.15, 0.2) is 24.3 Å². The summed E-state index contributed by atoms with van der Waals surface area (Å²) < 4.78 is 0. The fourth-order valence-corrected chi connectivity index (χ4v) is 0.483. The molecule has 1 heteroatoms. The van der Waals surface area contributed by atoms with Gasteiger partial charge in [-0.25, -0.2) is 0 Å². The molecule has 0 spiro atoms. The average molecular weight is 88.9 g/mol. The Labute approximate surface area is 44.6 Å². The molecule has 0 aliphatic carbocycles. The van der Waals surface area contributed by atoms with E-state index in [1.54, 1.807) is 0 Å². The molecule has 0 aliphatic heterocycles. The van der Waals surface area contributed by atoms with E-state index in [9.17, 15) is 0 Å². The average Bonchev–Trinajstić information content (AvgIpc) is 1.69. The third kappa shape index (κ3) is 1.07. The minimum absolute atomic E-state index is 1.20. The Bertz CT molecular complexity index is 134. The normalized spacial score (nSPS) is 8.57. The Kier molecular flexibility index (Phi) is 1.16. The molecule has 0 bridgehead atoms. The van der Waals surface area contributed by atoms with Crippen molar-refractivity contribution in [2.75, 3.05) is 0 Å². The lowest BCUT2D eigenvalue weighted by atomic mass is 9.97. The van der Waals surface area contributed by atoms with Crippen LogP contribution in [0.25, 0.3) is 0 Å². The van der Waals surface area contributed by atoms with E-state index in [1.807, 2.05) is 32.1 Å². The first-order valence-electron chi connectivity index (χ1n) is 2.33. The Morgan fingerprint density at radius 1 is 1.43 bits per heavy atom. The van der Waals surface area contributed by atoms with Gasteiger partial charge in [0.25, 0.3) is 0 Å². The quantitative estimate of drug-likeness (QED) is 0.384. The molecule has 1 radical (unpaired) electrons. The first kappa shape index (κ1) is 4.44. The summed E-state index contributed by atoms with van der Waals surface area (Å²) in [6.45, 7) is 0. The van der Waals surface area contributed by atoms with Crippen molar-refractivity contribution in [3.8, 4) is 0 Å². The standard InChI is InChI=1S/C6H6B/c7-6-4-2-1-3-5-6/h1-4H,7H2. The minimum atomic E-state index is 1.20. The van der Waals surface area contributed by atoms with E-state index >= 15 is 0 Å². The van der Waals surface area contributed by atoms with Gasteiger partial charge < -0.3 is 0 Å². The van der Waals surface area contributed by atoms with Crippen LogP contribution in [0.1, 0.15) is 0 Å². The second kappa shape index (κ2) is 1.83. The molecule has 0 fully saturated rings. The van der Waals surface area contributed by atoms with Gasteiger partial charge in [0.2, 0.25) is 0 Å². The zero-order chi connectivity index (χ0) is 5.11. The van der Waals surface area contributed by atoms with Crippen molar-refractivity contribution in [1.82, 2.24) is 0 Å². The third-order valence-corrected chi connectivity index (χ3v) is 0.865. The van der Waals surface area contributed by atoms with Crippen molar-refractivity contribution in [3.63, 3.8) is 0 Å². The van der Waals surface area contributed by atoms with Gasteiger partial charge in [0.15, 0.2) is 0 Å². The van der Waals surface area contributed by atoms with Crippen LogP contribution in [0.5, 0.6) is 0 Å². The zero-order valence-electron chi connectivity index (χ0n) is 4.31. The topological polar surface area (TPSA) is 0 Å². The largest absolute Gasteiger partial charge is 0.140 e. The predicted octanol–water partition coefficient (Wildman–Crippen LogP) is -0.255. The Morgan fingerprint density at radius 2 is 2.29 bits per heavy atom. The highest BCUT2D eigenvalue weighted by molar-refractivity contribution is 6.31. The van der Waals surface area contributed by atoms with E-state index in [-0.39, 0.29) is 0 Å². The highest BCUT2D eigenvalue weighted by atomic mass is 13.7. The molecule has 0 aromatic heterocycles.